The van der Waals surface area contributed by atoms with Gasteiger partial charge in [-0.2, -0.15) is 0 Å². The molecule has 1 radical (unpaired) electrons. The van der Waals surface area contributed by atoms with Gasteiger partial charge in [0.1, 0.15) is 6.26 Å². The van der Waals surface area contributed by atoms with Gasteiger partial charge in [-0.15, -0.1) is 11.3 Å². The second-order valence-corrected chi connectivity index (χ2v) is 3.43. The monoisotopic (exact) mass is 145 g/mol. The molecule has 0 aliphatic rings. The van der Waals surface area contributed by atoms with Crippen LogP contribution in [0.25, 0.3) is 0 Å². The first-order valence-electron chi connectivity index (χ1n) is 2.08. The first kappa shape index (κ1) is 6.13. The topological polar surface area (TPSA) is 23.1 Å². The zero-order valence-electron chi connectivity index (χ0n) is 4.38. The Kier molecular flexibility index (Phi) is 1.94. The fourth-order valence-electron chi connectivity index (χ4n) is 0.373. The molecule has 1 heterocycles. The van der Waals surface area contributed by atoms with Crippen molar-refractivity contribution in [1.82, 2.24) is 0 Å². The lowest BCUT2D eigenvalue weighted by molar-refractivity contribution is 0.601. The van der Waals surface area contributed by atoms with Crippen LogP contribution in [0.15, 0.2) is 15.7 Å². The first-order chi connectivity index (χ1) is 3.80. The molecule has 0 N–H and O–H groups in total. The Morgan fingerprint density at radius 2 is 2.62 bits per heavy atom. The highest BCUT2D eigenvalue weighted by atomic mass is 32.2. The van der Waals surface area contributed by atoms with Gasteiger partial charge in [0.15, 0.2) is 4.90 Å². The predicted octanol–water partition coefficient (Wildman–Crippen LogP) is 1.29. The molecule has 0 bridgehead atoms. The van der Waals surface area contributed by atoms with Crippen LogP contribution in [0.4, 0.5) is 0 Å². The fraction of sp³-hybridized carbons (Fsp3) is 0.200. The normalized spacial score (nSPS) is 13.8. The summed E-state index contributed by atoms with van der Waals surface area (Å²) in [6.07, 6.45) is 1.65. The Morgan fingerprint density at radius 3 is 2.88 bits per heavy atom. The van der Waals surface area contributed by atoms with Crippen LogP contribution in [0.1, 0.15) is 0 Å². The van der Waals surface area contributed by atoms with E-state index in [2.05, 4.69) is 6.07 Å². The van der Waals surface area contributed by atoms with E-state index in [1.54, 1.807) is 11.6 Å². The molecule has 0 amide bonds. The van der Waals surface area contributed by atoms with Crippen molar-refractivity contribution >= 4 is 22.5 Å². The predicted molar refractivity (Wildman–Crippen MR) is 35.5 cm³/mol. The van der Waals surface area contributed by atoms with Crippen molar-refractivity contribution in [2.24, 2.45) is 0 Å². The minimum absolute atomic E-state index is 0.801. The van der Waals surface area contributed by atoms with Crippen molar-refractivity contribution in [3.63, 3.8) is 0 Å². The van der Waals surface area contributed by atoms with Crippen LogP contribution in [0, 0.1) is 6.07 Å². The third-order valence-electron chi connectivity index (χ3n) is 0.754. The summed E-state index contributed by atoms with van der Waals surface area (Å²) in [4.78, 5) is 0.801. The zero-order valence-corrected chi connectivity index (χ0v) is 6.01. The van der Waals surface area contributed by atoms with E-state index < -0.39 is 11.2 Å². The number of rotatable bonds is 1. The number of thiophene rings is 1. The van der Waals surface area contributed by atoms with Gasteiger partial charge in [0.25, 0.3) is 0 Å². The van der Waals surface area contributed by atoms with E-state index >= 15 is 0 Å². The van der Waals surface area contributed by atoms with E-state index in [1.165, 1.54) is 11.3 Å². The molecule has 1 aromatic heterocycles. The molecule has 0 saturated carbocycles. The Labute approximate surface area is 55.5 Å². The summed E-state index contributed by atoms with van der Waals surface area (Å²) >= 11 is 0.676. The maximum atomic E-state index is 10.6. The summed E-state index contributed by atoms with van der Waals surface area (Å²) in [5.41, 5.74) is 0. The fourth-order valence-corrected chi connectivity index (χ4v) is 1.84. The molecule has 43 valence electrons. The molecule has 1 atom stereocenters. The molecule has 0 saturated heterocycles. The van der Waals surface area contributed by atoms with Crippen molar-refractivity contribution in [2.75, 3.05) is 6.26 Å². The molecule has 1 rings (SSSR count). The SMILES string of the molecule is C[S+]([O-])c1[c]csc1. The van der Waals surface area contributed by atoms with Crippen LogP contribution in [0.2, 0.25) is 0 Å². The highest BCUT2D eigenvalue weighted by molar-refractivity contribution is 7.90. The van der Waals surface area contributed by atoms with Crippen molar-refractivity contribution in [3.8, 4) is 0 Å². The molecule has 0 spiro atoms. The average Bonchev–Trinajstić information content (AvgIpc) is 2.12. The van der Waals surface area contributed by atoms with E-state index in [4.69, 9.17) is 0 Å². The standard InChI is InChI=1S/C5H5OS2/c1-8(6)5-2-3-7-4-5/h3-4H,1H3. The maximum Gasteiger partial charge on any atom is 0.171 e. The summed E-state index contributed by atoms with van der Waals surface area (Å²) in [6.45, 7) is 0. The largest absolute Gasteiger partial charge is 0.612 e. The molecular weight excluding hydrogens is 140 g/mol. The summed E-state index contributed by atoms with van der Waals surface area (Å²) in [7, 11) is 0. The summed E-state index contributed by atoms with van der Waals surface area (Å²) in [5.74, 6) is 0. The molecule has 0 fully saturated rings. The molecular formula is C5H5OS2. The Bertz CT molecular complexity index is 145. The summed E-state index contributed by atoms with van der Waals surface area (Å²) in [6, 6.07) is 2.85. The van der Waals surface area contributed by atoms with Gasteiger partial charge in [-0.25, -0.2) is 0 Å². The van der Waals surface area contributed by atoms with E-state index in [1.807, 2.05) is 5.38 Å². The van der Waals surface area contributed by atoms with Crippen molar-refractivity contribution in [1.29, 1.82) is 0 Å². The van der Waals surface area contributed by atoms with E-state index in [9.17, 15) is 4.55 Å². The average molecular weight is 145 g/mol. The molecule has 1 unspecified atom stereocenters. The maximum absolute atomic E-state index is 10.6. The number of hydrogen-bond donors (Lipinski definition) is 0. The van der Waals surface area contributed by atoms with Gasteiger partial charge < -0.3 is 4.55 Å². The quantitative estimate of drug-likeness (QED) is 0.546. The van der Waals surface area contributed by atoms with Crippen molar-refractivity contribution < 1.29 is 4.55 Å². The van der Waals surface area contributed by atoms with Gasteiger partial charge >= 0.3 is 0 Å². The second kappa shape index (κ2) is 2.53. The van der Waals surface area contributed by atoms with Crippen LogP contribution < -0.4 is 0 Å². The van der Waals surface area contributed by atoms with Gasteiger partial charge in [0.05, 0.1) is 6.07 Å². The molecule has 0 aromatic carbocycles. The van der Waals surface area contributed by atoms with E-state index in [0.29, 0.717) is 0 Å². The van der Waals surface area contributed by atoms with Crippen LogP contribution in [-0.2, 0) is 11.2 Å². The molecule has 0 aliphatic heterocycles. The van der Waals surface area contributed by atoms with Crippen LogP contribution in [0.5, 0.6) is 0 Å². The Balaban J connectivity index is 2.77. The van der Waals surface area contributed by atoms with Gasteiger partial charge in [-0.3, -0.25) is 0 Å². The van der Waals surface area contributed by atoms with Crippen LogP contribution in [0.3, 0.4) is 0 Å². The van der Waals surface area contributed by atoms with E-state index in [-0.39, 0.29) is 0 Å². The summed E-state index contributed by atoms with van der Waals surface area (Å²) in [5, 5.41) is 3.65. The lowest BCUT2D eigenvalue weighted by Crippen LogP contribution is -1.93. The highest BCUT2D eigenvalue weighted by Crippen LogP contribution is 2.10. The molecule has 3 heteroatoms. The van der Waals surface area contributed by atoms with Gasteiger partial charge in [-0.05, 0) is 11.2 Å². The second-order valence-electron chi connectivity index (χ2n) is 1.33. The molecule has 1 aromatic rings. The van der Waals surface area contributed by atoms with Gasteiger partial charge in [-0.1, -0.05) is 0 Å². The third-order valence-corrected chi connectivity index (χ3v) is 2.38. The van der Waals surface area contributed by atoms with Crippen molar-refractivity contribution in [3.05, 3.63) is 16.8 Å². The Hall–Kier alpha value is 0.01000. The summed E-state index contributed by atoms with van der Waals surface area (Å²) < 4.78 is 10.6. The van der Waals surface area contributed by atoms with E-state index in [0.717, 1.165) is 4.90 Å². The minimum Gasteiger partial charge on any atom is -0.612 e. The van der Waals surface area contributed by atoms with Crippen LogP contribution in [-0.4, -0.2) is 10.8 Å². The minimum atomic E-state index is -0.843. The van der Waals surface area contributed by atoms with Crippen LogP contribution >= 0.6 is 11.3 Å². The molecule has 1 nitrogen and oxygen atoms in total. The highest BCUT2D eigenvalue weighted by Gasteiger charge is 2.01. The van der Waals surface area contributed by atoms with Crippen molar-refractivity contribution in [2.45, 2.75) is 4.90 Å². The lowest BCUT2D eigenvalue weighted by atomic mass is 10.7. The lowest BCUT2D eigenvalue weighted by Gasteiger charge is -1.96. The molecule has 8 heavy (non-hydrogen) atoms. The van der Waals surface area contributed by atoms with Gasteiger partial charge in [0, 0.05) is 10.8 Å². The number of hydrogen-bond acceptors (Lipinski definition) is 2. The third kappa shape index (κ3) is 1.24. The first-order valence-corrected chi connectivity index (χ1v) is 4.58. The smallest absolute Gasteiger partial charge is 0.171 e. The Morgan fingerprint density at radius 1 is 1.88 bits per heavy atom. The molecule has 0 aliphatic carbocycles. The van der Waals surface area contributed by atoms with Gasteiger partial charge in [0.2, 0.25) is 0 Å². The zero-order chi connectivity index (χ0) is 5.98.